The van der Waals surface area contributed by atoms with Crippen molar-refractivity contribution in [3.63, 3.8) is 0 Å². The lowest BCUT2D eigenvalue weighted by Gasteiger charge is -2.07. The van der Waals surface area contributed by atoms with Crippen molar-refractivity contribution in [2.24, 2.45) is 5.73 Å². The first-order chi connectivity index (χ1) is 6.49. The Balaban J connectivity index is 0.00000196. The molecule has 1 rings (SSSR count). The van der Waals surface area contributed by atoms with Gasteiger partial charge in [-0.25, -0.2) is 0 Å². The smallest absolute Gasteiger partial charge is 0.320 e. The van der Waals surface area contributed by atoms with Crippen molar-refractivity contribution >= 4 is 52.6 Å². The Morgan fingerprint density at radius 1 is 1.53 bits per heavy atom. The Morgan fingerprint density at radius 3 is 2.60 bits per heavy atom. The van der Waals surface area contributed by atoms with Crippen molar-refractivity contribution in [2.75, 3.05) is 0 Å². The van der Waals surface area contributed by atoms with Crippen LogP contribution in [-0.2, 0) is 11.2 Å². The Labute approximate surface area is 113 Å². The summed E-state index contributed by atoms with van der Waals surface area (Å²) >= 11 is 7.94. The van der Waals surface area contributed by atoms with Crippen molar-refractivity contribution in [2.45, 2.75) is 12.5 Å². The van der Waals surface area contributed by atoms with Gasteiger partial charge in [-0.2, -0.15) is 0 Å². The molecule has 0 radical (unpaired) electrons. The molecule has 0 spiro atoms. The summed E-state index contributed by atoms with van der Waals surface area (Å²) < 4.78 is 0.975. The minimum Gasteiger partial charge on any atom is -0.480 e. The Bertz CT molecular complexity index is 340. The highest BCUT2D eigenvalue weighted by Gasteiger charge is 2.12. The monoisotopic (exact) mass is 361 g/mol. The first-order valence-electron chi connectivity index (χ1n) is 3.92. The van der Waals surface area contributed by atoms with Gasteiger partial charge in [-0.3, -0.25) is 4.79 Å². The second-order valence-electron chi connectivity index (χ2n) is 2.93. The fourth-order valence-electron chi connectivity index (χ4n) is 1.07. The number of hydrogen-bond donors (Lipinski definition) is 2. The molecule has 1 atom stereocenters. The van der Waals surface area contributed by atoms with E-state index in [0.29, 0.717) is 11.4 Å². The third kappa shape index (κ3) is 5.01. The maximum absolute atomic E-state index is 10.5. The number of carbonyl (C=O) groups is 1. The van der Waals surface area contributed by atoms with Gasteiger partial charge < -0.3 is 10.8 Å². The first kappa shape index (κ1) is 15.0. The van der Waals surface area contributed by atoms with Gasteiger partial charge in [0.25, 0.3) is 0 Å². The van der Waals surface area contributed by atoms with Gasteiger partial charge in [0.15, 0.2) is 0 Å². The molecule has 0 unspecified atom stereocenters. The number of carboxylic acids is 1. The summed E-state index contributed by atoms with van der Waals surface area (Å²) in [6, 6.07) is 4.53. The standard InChI is InChI=1S/C9H9ClINO2.ClH/c10-6-1-5(2-7(11)4-6)3-8(12)9(13)14;/h1-2,4,8H,3,12H2,(H,13,14);1H/t8-;/m1./s1. The van der Waals surface area contributed by atoms with Crippen molar-refractivity contribution < 1.29 is 9.90 Å². The van der Waals surface area contributed by atoms with E-state index >= 15 is 0 Å². The van der Waals surface area contributed by atoms with E-state index in [4.69, 9.17) is 22.4 Å². The summed E-state index contributed by atoms with van der Waals surface area (Å²) in [5.41, 5.74) is 6.25. The SMILES string of the molecule is Cl.N[C@H](Cc1cc(Cl)cc(I)c1)C(=O)O. The van der Waals surface area contributed by atoms with Gasteiger partial charge in [0.2, 0.25) is 0 Å². The van der Waals surface area contributed by atoms with Crippen molar-refractivity contribution in [1.82, 2.24) is 0 Å². The van der Waals surface area contributed by atoms with E-state index in [0.717, 1.165) is 9.13 Å². The summed E-state index contributed by atoms with van der Waals surface area (Å²) in [6.07, 6.45) is 0.298. The van der Waals surface area contributed by atoms with Gasteiger partial charge in [-0.1, -0.05) is 11.6 Å². The van der Waals surface area contributed by atoms with Gasteiger partial charge in [-0.05, 0) is 52.8 Å². The number of benzene rings is 1. The molecule has 1 aromatic rings. The Kier molecular flexibility index (Phi) is 6.51. The minimum atomic E-state index is -1.00. The third-order valence-corrected chi connectivity index (χ3v) is 2.54. The molecule has 0 amide bonds. The van der Waals surface area contributed by atoms with Crippen LogP contribution in [0, 0.1) is 3.57 Å². The molecule has 6 heteroatoms. The molecule has 15 heavy (non-hydrogen) atoms. The third-order valence-electron chi connectivity index (χ3n) is 1.70. The van der Waals surface area contributed by atoms with Gasteiger partial charge in [0, 0.05) is 8.59 Å². The van der Waals surface area contributed by atoms with Crippen molar-refractivity contribution in [3.8, 4) is 0 Å². The van der Waals surface area contributed by atoms with Gasteiger partial charge in [-0.15, -0.1) is 12.4 Å². The highest BCUT2D eigenvalue weighted by Crippen LogP contribution is 2.17. The summed E-state index contributed by atoms with van der Waals surface area (Å²) in [7, 11) is 0. The molecule has 1 aromatic carbocycles. The maximum atomic E-state index is 10.5. The fraction of sp³-hybridized carbons (Fsp3) is 0.222. The number of aliphatic carboxylic acids is 1. The second-order valence-corrected chi connectivity index (χ2v) is 4.61. The molecule has 0 fully saturated rings. The molecular weight excluding hydrogens is 352 g/mol. The number of nitrogens with two attached hydrogens (primary N) is 1. The summed E-state index contributed by atoms with van der Waals surface area (Å²) in [4.78, 5) is 10.5. The molecular formula is C9H10Cl2INO2. The molecule has 0 aromatic heterocycles. The average molecular weight is 362 g/mol. The van der Waals surface area contributed by atoms with E-state index in [2.05, 4.69) is 22.6 Å². The summed E-state index contributed by atoms with van der Waals surface area (Å²) in [5.74, 6) is -1.00. The zero-order chi connectivity index (χ0) is 10.7. The lowest BCUT2D eigenvalue weighted by atomic mass is 10.1. The minimum absolute atomic E-state index is 0. The summed E-state index contributed by atoms with van der Waals surface area (Å²) in [6.45, 7) is 0. The van der Waals surface area contributed by atoms with E-state index in [9.17, 15) is 4.79 Å². The van der Waals surface area contributed by atoms with Crippen LogP contribution in [0.25, 0.3) is 0 Å². The highest BCUT2D eigenvalue weighted by atomic mass is 127. The number of hydrogen-bond acceptors (Lipinski definition) is 2. The lowest BCUT2D eigenvalue weighted by Crippen LogP contribution is -2.32. The Morgan fingerprint density at radius 2 is 2.13 bits per heavy atom. The highest BCUT2D eigenvalue weighted by molar-refractivity contribution is 14.1. The predicted molar refractivity (Wildman–Crippen MR) is 70.7 cm³/mol. The van der Waals surface area contributed by atoms with Crippen molar-refractivity contribution in [3.05, 3.63) is 32.4 Å². The molecule has 0 saturated heterocycles. The van der Waals surface area contributed by atoms with Gasteiger partial charge >= 0.3 is 5.97 Å². The maximum Gasteiger partial charge on any atom is 0.320 e. The molecule has 0 bridgehead atoms. The molecule has 0 heterocycles. The van der Waals surface area contributed by atoms with Crippen LogP contribution < -0.4 is 5.73 Å². The molecule has 3 N–H and O–H groups in total. The first-order valence-corrected chi connectivity index (χ1v) is 5.38. The van der Waals surface area contributed by atoms with E-state index in [1.807, 2.05) is 6.07 Å². The van der Waals surface area contributed by atoms with E-state index < -0.39 is 12.0 Å². The van der Waals surface area contributed by atoms with E-state index in [1.54, 1.807) is 12.1 Å². The van der Waals surface area contributed by atoms with E-state index in [-0.39, 0.29) is 12.4 Å². The van der Waals surface area contributed by atoms with Crippen LogP contribution in [0.2, 0.25) is 5.02 Å². The predicted octanol–water partition coefficient (Wildman–Crippen LogP) is 2.32. The van der Waals surface area contributed by atoms with Crippen LogP contribution in [0.3, 0.4) is 0 Å². The van der Waals surface area contributed by atoms with E-state index in [1.165, 1.54) is 0 Å². The normalized spacial score (nSPS) is 11.7. The van der Waals surface area contributed by atoms with Crippen LogP contribution in [0.5, 0.6) is 0 Å². The van der Waals surface area contributed by atoms with Gasteiger partial charge in [0.1, 0.15) is 6.04 Å². The number of rotatable bonds is 3. The number of carboxylic acid groups (broad SMARTS) is 1. The molecule has 0 aliphatic rings. The van der Waals surface area contributed by atoms with Gasteiger partial charge in [0.05, 0.1) is 0 Å². The summed E-state index contributed by atoms with van der Waals surface area (Å²) in [5, 5.41) is 9.22. The molecule has 3 nitrogen and oxygen atoms in total. The van der Waals surface area contributed by atoms with Crippen LogP contribution in [0.15, 0.2) is 18.2 Å². The Hall–Kier alpha value is -0.0400. The lowest BCUT2D eigenvalue weighted by molar-refractivity contribution is -0.138. The quantitative estimate of drug-likeness (QED) is 0.812. The van der Waals surface area contributed by atoms with Crippen molar-refractivity contribution in [1.29, 1.82) is 0 Å². The van der Waals surface area contributed by atoms with Crippen LogP contribution in [-0.4, -0.2) is 17.1 Å². The topological polar surface area (TPSA) is 63.3 Å². The molecule has 84 valence electrons. The zero-order valence-electron chi connectivity index (χ0n) is 7.61. The second kappa shape index (κ2) is 6.52. The van der Waals surface area contributed by atoms with Crippen LogP contribution in [0.4, 0.5) is 0 Å². The molecule has 0 aliphatic heterocycles. The van der Waals surface area contributed by atoms with Crippen LogP contribution in [0.1, 0.15) is 5.56 Å². The van der Waals surface area contributed by atoms with Crippen LogP contribution >= 0.6 is 46.6 Å². The molecule has 0 aliphatic carbocycles. The number of halogens is 3. The fourth-order valence-corrected chi connectivity index (χ4v) is 2.25. The largest absolute Gasteiger partial charge is 0.480 e. The average Bonchev–Trinajstić information content (AvgIpc) is 2.01. The zero-order valence-corrected chi connectivity index (χ0v) is 11.3. The molecule has 0 saturated carbocycles.